The lowest BCUT2D eigenvalue weighted by atomic mass is 9.80. The second-order valence-corrected chi connectivity index (χ2v) is 6.02. The number of rotatable bonds is 2. The van der Waals surface area contributed by atoms with Gasteiger partial charge in [-0.05, 0) is 38.5 Å². The lowest BCUT2D eigenvalue weighted by Gasteiger charge is -2.39. The van der Waals surface area contributed by atoms with Gasteiger partial charge in [-0.1, -0.05) is 6.42 Å². The standard InChI is InChI=1S/C14H23F3N2O/c15-14(16,17)11-5-3-4-10(8-11)13(20)19-7-2-1-6-12(19)9-18/h10-12H,1-9,18H2. The van der Waals surface area contributed by atoms with Gasteiger partial charge in [0.1, 0.15) is 0 Å². The fourth-order valence-electron chi connectivity index (χ4n) is 3.48. The minimum atomic E-state index is -4.17. The molecule has 2 fully saturated rings. The average Bonchev–Trinajstić information content (AvgIpc) is 2.45. The Labute approximate surface area is 117 Å². The van der Waals surface area contributed by atoms with Gasteiger partial charge >= 0.3 is 6.18 Å². The van der Waals surface area contributed by atoms with Gasteiger partial charge in [-0.25, -0.2) is 0 Å². The van der Waals surface area contributed by atoms with Crippen LogP contribution < -0.4 is 5.73 Å². The minimum absolute atomic E-state index is 0.0162. The number of hydrogen-bond acceptors (Lipinski definition) is 2. The largest absolute Gasteiger partial charge is 0.391 e. The number of carbonyl (C=O) groups is 1. The minimum Gasteiger partial charge on any atom is -0.338 e. The van der Waals surface area contributed by atoms with Gasteiger partial charge in [0.05, 0.1) is 5.92 Å². The number of likely N-dealkylation sites (tertiary alicyclic amines) is 1. The zero-order chi connectivity index (χ0) is 14.8. The summed E-state index contributed by atoms with van der Waals surface area (Å²) in [5.41, 5.74) is 5.68. The van der Waals surface area contributed by atoms with Crippen molar-refractivity contribution >= 4 is 5.91 Å². The Kier molecular flexibility index (Phi) is 4.94. The Hall–Kier alpha value is -0.780. The number of alkyl halides is 3. The highest BCUT2D eigenvalue weighted by atomic mass is 19.4. The van der Waals surface area contributed by atoms with E-state index in [2.05, 4.69) is 0 Å². The first-order valence-corrected chi connectivity index (χ1v) is 7.50. The van der Waals surface area contributed by atoms with Crippen molar-refractivity contribution in [3.63, 3.8) is 0 Å². The van der Waals surface area contributed by atoms with Crippen LogP contribution in [0.1, 0.15) is 44.9 Å². The van der Waals surface area contributed by atoms with E-state index in [1.54, 1.807) is 4.90 Å². The molecule has 0 aromatic rings. The summed E-state index contributed by atoms with van der Waals surface area (Å²) in [5, 5.41) is 0. The van der Waals surface area contributed by atoms with Crippen LogP contribution in [0.4, 0.5) is 13.2 Å². The highest BCUT2D eigenvalue weighted by molar-refractivity contribution is 5.79. The molecule has 0 spiro atoms. The first kappa shape index (κ1) is 15.6. The smallest absolute Gasteiger partial charge is 0.338 e. The normalized spacial score (nSPS) is 32.2. The van der Waals surface area contributed by atoms with Gasteiger partial charge in [-0.15, -0.1) is 0 Å². The second kappa shape index (κ2) is 6.33. The molecule has 0 aromatic heterocycles. The van der Waals surface area contributed by atoms with Crippen molar-refractivity contribution in [3.05, 3.63) is 0 Å². The predicted molar refractivity (Wildman–Crippen MR) is 69.9 cm³/mol. The van der Waals surface area contributed by atoms with Crippen LogP contribution in [0.15, 0.2) is 0 Å². The molecule has 3 nitrogen and oxygen atoms in total. The Morgan fingerprint density at radius 2 is 1.90 bits per heavy atom. The average molecular weight is 292 g/mol. The summed E-state index contributed by atoms with van der Waals surface area (Å²) in [6.45, 7) is 1.05. The van der Waals surface area contributed by atoms with Crippen LogP contribution in [0.3, 0.4) is 0 Å². The van der Waals surface area contributed by atoms with Gasteiger partial charge in [0.25, 0.3) is 0 Å². The lowest BCUT2D eigenvalue weighted by Crippen LogP contribution is -2.50. The van der Waals surface area contributed by atoms with Crippen LogP contribution >= 0.6 is 0 Å². The molecule has 1 aliphatic heterocycles. The fraction of sp³-hybridized carbons (Fsp3) is 0.929. The van der Waals surface area contributed by atoms with Crippen molar-refractivity contribution in [1.29, 1.82) is 0 Å². The first-order chi connectivity index (χ1) is 9.43. The molecule has 2 rings (SSSR count). The van der Waals surface area contributed by atoms with Crippen LogP contribution in [0.5, 0.6) is 0 Å². The summed E-state index contributed by atoms with van der Waals surface area (Å²) in [5.74, 6) is -1.89. The molecule has 116 valence electrons. The quantitative estimate of drug-likeness (QED) is 0.850. The second-order valence-electron chi connectivity index (χ2n) is 6.02. The van der Waals surface area contributed by atoms with E-state index < -0.39 is 18.0 Å². The van der Waals surface area contributed by atoms with Gasteiger partial charge in [0.2, 0.25) is 5.91 Å². The molecule has 1 heterocycles. The monoisotopic (exact) mass is 292 g/mol. The van der Waals surface area contributed by atoms with Crippen molar-refractivity contribution in [2.75, 3.05) is 13.1 Å². The topological polar surface area (TPSA) is 46.3 Å². The molecule has 0 aromatic carbocycles. The number of carbonyl (C=O) groups excluding carboxylic acids is 1. The van der Waals surface area contributed by atoms with Crippen LogP contribution in [0.2, 0.25) is 0 Å². The Balaban J connectivity index is 2.00. The van der Waals surface area contributed by atoms with E-state index in [0.29, 0.717) is 25.9 Å². The molecule has 2 N–H and O–H groups in total. The molecule has 3 atom stereocenters. The first-order valence-electron chi connectivity index (χ1n) is 7.50. The molecule has 1 saturated heterocycles. The molecule has 3 unspecified atom stereocenters. The number of piperidine rings is 1. The van der Waals surface area contributed by atoms with Crippen LogP contribution in [0, 0.1) is 11.8 Å². The van der Waals surface area contributed by atoms with Gasteiger partial charge in [-0.2, -0.15) is 13.2 Å². The molecule has 1 saturated carbocycles. The van der Waals surface area contributed by atoms with E-state index in [9.17, 15) is 18.0 Å². The zero-order valence-corrected chi connectivity index (χ0v) is 11.7. The molecular weight excluding hydrogens is 269 g/mol. The van der Waals surface area contributed by atoms with Gasteiger partial charge < -0.3 is 10.6 Å². The number of amides is 1. The third kappa shape index (κ3) is 3.45. The maximum Gasteiger partial charge on any atom is 0.391 e. The third-order valence-corrected chi connectivity index (χ3v) is 4.67. The van der Waals surface area contributed by atoms with Crippen LogP contribution in [0.25, 0.3) is 0 Å². The van der Waals surface area contributed by atoms with Crippen molar-refractivity contribution in [2.45, 2.75) is 57.2 Å². The molecule has 20 heavy (non-hydrogen) atoms. The molecule has 1 aliphatic carbocycles. The van der Waals surface area contributed by atoms with Crippen LogP contribution in [-0.2, 0) is 4.79 Å². The highest BCUT2D eigenvalue weighted by Crippen LogP contribution is 2.40. The van der Waals surface area contributed by atoms with Crippen LogP contribution in [-0.4, -0.2) is 36.1 Å². The highest BCUT2D eigenvalue weighted by Gasteiger charge is 2.44. The lowest BCUT2D eigenvalue weighted by molar-refractivity contribution is -0.187. The van der Waals surface area contributed by atoms with Gasteiger partial charge in [-0.3, -0.25) is 4.79 Å². The summed E-state index contributed by atoms with van der Waals surface area (Å²) in [6.07, 6.45) is -0.143. The molecule has 0 bridgehead atoms. The number of nitrogens with two attached hydrogens (primary N) is 1. The third-order valence-electron chi connectivity index (χ3n) is 4.67. The fourth-order valence-corrected chi connectivity index (χ4v) is 3.48. The summed E-state index contributed by atoms with van der Waals surface area (Å²) < 4.78 is 38.5. The molecule has 2 aliphatic rings. The summed E-state index contributed by atoms with van der Waals surface area (Å²) >= 11 is 0. The van der Waals surface area contributed by atoms with E-state index in [4.69, 9.17) is 5.73 Å². The van der Waals surface area contributed by atoms with Gasteiger partial charge in [0.15, 0.2) is 0 Å². The molecule has 6 heteroatoms. The van der Waals surface area contributed by atoms with E-state index in [1.165, 1.54) is 0 Å². The van der Waals surface area contributed by atoms with E-state index >= 15 is 0 Å². The molecule has 1 amide bonds. The van der Waals surface area contributed by atoms with Crippen molar-refractivity contribution in [1.82, 2.24) is 4.90 Å². The summed E-state index contributed by atoms with van der Waals surface area (Å²) in [7, 11) is 0. The maximum absolute atomic E-state index is 12.8. The Morgan fingerprint density at radius 1 is 1.15 bits per heavy atom. The van der Waals surface area contributed by atoms with Crippen molar-refractivity contribution in [2.24, 2.45) is 17.6 Å². The Bertz CT molecular complexity index is 346. The SMILES string of the molecule is NCC1CCCCN1C(=O)C1CCCC(C(F)(F)F)C1. The van der Waals surface area contributed by atoms with E-state index in [-0.39, 0.29) is 24.8 Å². The number of hydrogen-bond donors (Lipinski definition) is 1. The molecule has 0 radical (unpaired) electrons. The number of nitrogens with zero attached hydrogens (tertiary/aromatic N) is 1. The summed E-state index contributed by atoms with van der Waals surface area (Å²) in [4.78, 5) is 14.2. The summed E-state index contributed by atoms with van der Waals surface area (Å²) in [6, 6.07) is 0.0162. The maximum atomic E-state index is 12.8. The van der Waals surface area contributed by atoms with Crippen molar-refractivity contribution < 1.29 is 18.0 Å². The number of halogens is 3. The van der Waals surface area contributed by atoms with E-state index in [1.807, 2.05) is 0 Å². The van der Waals surface area contributed by atoms with E-state index in [0.717, 1.165) is 19.3 Å². The Morgan fingerprint density at radius 3 is 2.55 bits per heavy atom. The van der Waals surface area contributed by atoms with Gasteiger partial charge in [0, 0.05) is 25.0 Å². The predicted octanol–water partition coefficient (Wildman–Crippen LogP) is 2.69. The van der Waals surface area contributed by atoms with Crippen molar-refractivity contribution in [3.8, 4) is 0 Å². The molecular formula is C14H23F3N2O. The zero-order valence-electron chi connectivity index (χ0n) is 11.7.